The van der Waals surface area contributed by atoms with Gasteiger partial charge in [-0.3, -0.25) is 4.79 Å². The average Bonchev–Trinajstić information content (AvgIpc) is 2.35. The minimum atomic E-state index is -0.441. The molecule has 0 spiro atoms. The Morgan fingerprint density at radius 1 is 1.26 bits per heavy atom. The van der Waals surface area contributed by atoms with Crippen molar-refractivity contribution in [1.29, 1.82) is 0 Å². The van der Waals surface area contributed by atoms with Crippen molar-refractivity contribution in [2.75, 3.05) is 5.73 Å². The maximum Gasteiger partial charge on any atom is 0.178 e. The topological polar surface area (TPSA) is 68.9 Å². The molecule has 0 saturated carbocycles. The number of carbonyl (C=O) groups excluding carboxylic acids is 1. The van der Waals surface area contributed by atoms with Crippen LogP contribution in [0.3, 0.4) is 0 Å². The molecule has 0 aliphatic carbocycles. The number of halogens is 1. The van der Waals surface area contributed by atoms with Crippen molar-refractivity contribution in [3.05, 3.63) is 40.8 Å². The van der Waals surface area contributed by atoms with E-state index in [2.05, 4.69) is 9.97 Å². The molecule has 1 aromatic carbocycles. The maximum absolute atomic E-state index is 13.8. The first-order valence-corrected chi connectivity index (χ1v) is 5.81. The van der Waals surface area contributed by atoms with Crippen molar-refractivity contribution in [2.24, 2.45) is 0 Å². The summed E-state index contributed by atoms with van der Waals surface area (Å²) in [5.74, 6) is -0.338. The number of nitrogens with two attached hydrogens (primary N) is 1. The fourth-order valence-electron chi connectivity index (χ4n) is 1.81. The van der Waals surface area contributed by atoms with E-state index < -0.39 is 5.82 Å². The van der Waals surface area contributed by atoms with Crippen molar-refractivity contribution in [3.8, 4) is 11.4 Å². The van der Waals surface area contributed by atoms with Crippen molar-refractivity contribution in [2.45, 2.75) is 20.8 Å². The van der Waals surface area contributed by atoms with Crippen LogP contribution in [0.5, 0.6) is 0 Å². The van der Waals surface area contributed by atoms with Crippen molar-refractivity contribution >= 4 is 11.6 Å². The van der Waals surface area contributed by atoms with Crippen LogP contribution in [0.1, 0.15) is 28.5 Å². The first-order valence-electron chi connectivity index (χ1n) is 5.81. The van der Waals surface area contributed by atoms with E-state index in [4.69, 9.17) is 5.73 Å². The Morgan fingerprint density at radius 3 is 2.58 bits per heavy atom. The van der Waals surface area contributed by atoms with E-state index in [-0.39, 0.29) is 28.7 Å². The number of ketones is 1. The van der Waals surface area contributed by atoms with Gasteiger partial charge >= 0.3 is 0 Å². The maximum atomic E-state index is 13.8. The van der Waals surface area contributed by atoms with E-state index >= 15 is 0 Å². The van der Waals surface area contributed by atoms with Gasteiger partial charge in [-0.2, -0.15) is 0 Å². The van der Waals surface area contributed by atoms with Gasteiger partial charge in [0.1, 0.15) is 17.3 Å². The lowest BCUT2D eigenvalue weighted by Gasteiger charge is -2.09. The highest BCUT2D eigenvalue weighted by Gasteiger charge is 2.15. The molecule has 0 atom stereocenters. The lowest BCUT2D eigenvalue weighted by atomic mass is 10.1. The fraction of sp³-hybridized carbons (Fsp3) is 0.214. The normalized spacial score (nSPS) is 10.5. The Bertz CT molecular complexity index is 668. The number of carbonyl (C=O) groups is 1. The van der Waals surface area contributed by atoms with Crippen LogP contribution in [0.15, 0.2) is 18.2 Å². The van der Waals surface area contributed by atoms with Gasteiger partial charge in [-0.1, -0.05) is 11.6 Å². The highest BCUT2D eigenvalue weighted by atomic mass is 19.1. The number of nitrogens with zero attached hydrogens (tertiary/aromatic N) is 2. The Labute approximate surface area is 110 Å². The molecule has 2 N–H and O–H groups in total. The Hall–Kier alpha value is -2.30. The second kappa shape index (κ2) is 4.76. The molecule has 0 radical (unpaired) electrons. The van der Waals surface area contributed by atoms with Crippen molar-refractivity contribution in [3.63, 3.8) is 0 Å². The van der Waals surface area contributed by atoms with Crippen molar-refractivity contribution < 1.29 is 9.18 Å². The molecular weight excluding hydrogens is 245 g/mol. The molecule has 98 valence electrons. The van der Waals surface area contributed by atoms with Gasteiger partial charge in [-0.15, -0.1) is 0 Å². The summed E-state index contributed by atoms with van der Waals surface area (Å²) >= 11 is 0. The van der Waals surface area contributed by atoms with Crippen LogP contribution in [0, 0.1) is 19.7 Å². The van der Waals surface area contributed by atoms with Gasteiger partial charge in [0, 0.05) is 12.5 Å². The molecule has 1 aromatic heterocycles. The van der Waals surface area contributed by atoms with Gasteiger partial charge in [-0.25, -0.2) is 14.4 Å². The Balaban J connectivity index is 2.69. The zero-order valence-corrected chi connectivity index (χ0v) is 11.0. The van der Waals surface area contributed by atoms with Crippen LogP contribution in [0.25, 0.3) is 11.4 Å². The summed E-state index contributed by atoms with van der Waals surface area (Å²) in [6.07, 6.45) is 0. The zero-order valence-electron chi connectivity index (χ0n) is 11.0. The summed E-state index contributed by atoms with van der Waals surface area (Å²) < 4.78 is 13.8. The van der Waals surface area contributed by atoms with E-state index in [9.17, 15) is 9.18 Å². The van der Waals surface area contributed by atoms with Crippen LogP contribution in [0.2, 0.25) is 0 Å². The molecule has 0 aliphatic heterocycles. The predicted molar refractivity (Wildman–Crippen MR) is 71.3 cm³/mol. The predicted octanol–water partition coefficient (Wildman–Crippen LogP) is 2.68. The molecule has 0 amide bonds. The van der Waals surface area contributed by atoms with Gasteiger partial charge in [0.25, 0.3) is 0 Å². The van der Waals surface area contributed by atoms with E-state index in [1.807, 2.05) is 6.92 Å². The van der Waals surface area contributed by atoms with Crippen LogP contribution in [0.4, 0.5) is 10.2 Å². The first kappa shape index (κ1) is 13.1. The molecule has 0 aliphatic rings. The minimum absolute atomic E-state index is 0.134. The number of aromatic nitrogens is 2. The van der Waals surface area contributed by atoms with Gasteiger partial charge in [0.2, 0.25) is 0 Å². The molecule has 0 saturated heterocycles. The molecular formula is C14H14FN3O. The van der Waals surface area contributed by atoms with E-state index in [0.717, 1.165) is 5.56 Å². The second-order valence-electron chi connectivity index (χ2n) is 4.45. The van der Waals surface area contributed by atoms with E-state index in [1.54, 1.807) is 19.1 Å². The Morgan fingerprint density at radius 2 is 1.95 bits per heavy atom. The lowest BCUT2D eigenvalue weighted by Crippen LogP contribution is -2.08. The first-order chi connectivity index (χ1) is 8.90. The highest BCUT2D eigenvalue weighted by Crippen LogP contribution is 2.24. The largest absolute Gasteiger partial charge is 0.383 e. The lowest BCUT2D eigenvalue weighted by molar-refractivity contribution is 0.101. The molecule has 1 heterocycles. The minimum Gasteiger partial charge on any atom is -0.383 e. The second-order valence-corrected chi connectivity index (χ2v) is 4.45. The third-order valence-electron chi connectivity index (χ3n) is 2.88. The molecule has 2 aromatic rings. The molecule has 0 unspecified atom stereocenters. The molecule has 4 nitrogen and oxygen atoms in total. The molecule has 5 heteroatoms. The number of nitrogen functional groups attached to an aromatic ring is 1. The summed E-state index contributed by atoms with van der Waals surface area (Å²) in [5.41, 5.74) is 7.63. The number of benzene rings is 1. The summed E-state index contributed by atoms with van der Waals surface area (Å²) in [6, 6.07) is 4.63. The van der Waals surface area contributed by atoms with Crippen LogP contribution in [-0.2, 0) is 0 Å². The van der Waals surface area contributed by atoms with Crippen molar-refractivity contribution in [1.82, 2.24) is 9.97 Å². The third kappa shape index (κ3) is 2.45. The highest BCUT2D eigenvalue weighted by molar-refractivity contribution is 5.95. The van der Waals surface area contributed by atoms with Gasteiger partial charge in [-0.05, 0) is 26.0 Å². The third-order valence-corrected chi connectivity index (χ3v) is 2.88. The van der Waals surface area contributed by atoms with Gasteiger partial charge in [0.15, 0.2) is 11.6 Å². The number of rotatable bonds is 2. The number of aryl methyl sites for hydroxylation is 1. The number of hydrogen-bond acceptors (Lipinski definition) is 4. The molecule has 0 bridgehead atoms. The number of anilines is 1. The zero-order chi connectivity index (χ0) is 14.2. The fourth-order valence-corrected chi connectivity index (χ4v) is 1.81. The van der Waals surface area contributed by atoms with Gasteiger partial charge < -0.3 is 5.73 Å². The average molecular weight is 259 g/mol. The number of Topliss-reactive ketones (excluding diaryl/α,β-unsaturated/α-hetero) is 1. The van der Waals surface area contributed by atoms with E-state index in [1.165, 1.54) is 13.0 Å². The molecule has 2 rings (SSSR count). The SMILES string of the molecule is CC(=O)c1nc(-c2cc(C)ccc2F)nc(N)c1C. The van der Waals surface area contributed by atoms with Gasteiger partial charge in [0.05, 0.1) is 5.56 Å². The standard InChI is InChI=1S/C14H14FN3O/c1-7-4-5-11(15)10(6-7)14-17-12(9(3)19)8(2)13(16)18-14/h4-6H,1-3H3,(H2,16,17,18). The summed E-state index contributed by atoms with van der Waals surface area (Å²) in [5, 5.41) is 0. The van der Waals surface area contributed by atoms with Crippen LogP contribution >= 0.6 is 0 Å². The number of hydrogen-bond donors (Lipinski definition) is 1. The smallest absolute Gasteiger partial charge is 0.178 e. The Kier molecular flexibility index (Phi) is 3.29. The quantitative estimate of drug-likeness (QED) is 0.842. The van der Waals surface area contributed by atoms with Crippen LogP contribution in [-0.4, -0.2) is 15.8 Å². The summed E-state index contributed by atoms with van der Waals surface area (Å²) in [7, 11) is 0. The summed E-state index contributed by atoms with van der Waals surface area (Å²) in [4.78, 5) is 19.7. The van der Waals surface area contributed by atoms with E-state index in [0.29, 0.717) is 5.56 Å². The monoisotopic (exact) mass is 259 g/mol. The van der Waals surface area contributed by atoms with Crippen LogP contribution < -0.4 is 5.73 Å². The summed E-state index contributed by atoms with van der Waals surface area (Å²) in [6.45, 7) is 4.90. The molecule has 0 fully saturated rings. The molecule has 19 heavy (non-hydrogen) atoms.